The highest BCUT2D eigenvalue weighted by Gasteiger charge is 2.45. The highest BCUT2D eigenvalue weighted by Crippen LogP contribution is 2.55. The Balaban J connectivity index is 1.90. The Morgan fingerprint density at radius 2 is 1.04 bits per heavy atom. The number of nitro benzene ring substituents is 1. The van der Waals surface area contributed by atoms with E-state index in [1.165, 1.54) is 22.3 Å². The van der Waals surface area contributed by atoms with Gasteiger partial charge >= 0.3 is 0 Å². The molecule has 134 valence electrons. The summed E-state index contributed by atoms with van der Waals surface area (Å²) in [5.41, 5.74) is 6.62. The van der Waals surface area contributed by atoms with Crippen LogP contribution >= 0.6 is 0 Å². The first-order valence-electron chi connectivity index (χ1n) is 9.23. The van der Waals surface area contributed by atoms with Gasteiger partial charge in [-0.2, -0.15) is 0 Å². The van der Waals surface area contributed by atoms with E-state index in [9.17, 15) is 10.1 Å². The van der Waals surface area contributed by atoms with Crippen LogP contribution in [-0.4, -0.2) is 4.92 Å². The largest absolute Gasteiger partial charge is 0.269 e. The molecule has 0 N–H and O–H groups in total. The fourth-order valence-corrected chi connectivity index (χ4v) is 4.55. The van der Waals surface area contributed by atoms with Crippen molar-refractivity contribution in [1.82, 2.24) is 0 Å². The lowest BCUT2D eigenvalue weighted by atomic mass is 9.68. The van der Waals surface area contributed by atoms with E-state index in [0.717, 1.165) is 11.1 Å². The van der Waals surface area contributed by atoms with Gasteiger partial charge in [0.2, 0.25) is 0 Å². The Hall–Kier alpha value is -3.72. The van der Waals surface area contributed by atoms with Gasteiger partial charge < -0.3 is 0 Å². The Morgan fingerprint density at radius 3 is 1.57 bits per heavy atom. The average molecular weight is 363 g/mol. The number of hydrogen-bond donors (Lipinski definition) is 0. The van der Waals surface area contributed by atoms with Crippen molar-refractivity contribution in [1.29, 1.82) is 0 Å². The fourth-order valence-electron chi connectivity index (χ4n) is 4.55. The number of fused-ring (bicyclic) bond motifs is 3. The minimum atomic E-state index is -0.496. The van der Waals surface area contributed by atoms with Crippen LogP contribution in [0.3, 0.4) is 0 Å². The topological polar surface area (TPSA) is 43.1 Å². The van der Waals surface area contributed by atoms with E-state index in [-0.39, 0.29) is 10.6 Å². The van der Waals surface area contributed by atoms with Gasteiger partial charge in [0.1, 0.15) is 0 Å². The second-order valence-electron chi connectivity index (χ2n) is 7.01. The molecule has 28 heavy (non-hydrogen) atoms. The van der Waals surface area contributed by atoms with Crippen molar-refractivity contribution < 1.29 is 4.92 Å². The fraction of sp³-hybridized carbons (Fsp3) is 0.0400. The number of nitrogens with zero attached hydrogens (tertiary/aromatic N) is 1. The second kappa shape index (κ2) is 6.17. The van der Waals surface area contributed by atoms with Gasteiger partial charge in [0.15, 0.2) is 0 Å². The first-order chi connectivity index (χ1) is 13.7. The lowest BCUT2D eigenvalue weighted by molar-refractivity contribution is -0.384. The maximum Gasteiger partial charge on any atom is 0.269 e. The van der Waals surface area contributed by atoms with E-state index in [1.54, 1.807) is 12.1 Å². The smallest absolute Gasteiger partial charge is 0.258 e. The standard InChI is InChI=1S/C25H17NO2/c27-26(28)20-16-14-19(15-17-20)25(18-8-2-1-3-9-18)23-12-6-4-10-21(23)22-11-5-7-13-24(22)25/h1-17H. The summed E-state index contributed by atoms with van der Waals surface area (Å²) in [6.07, 6.45) is 0. The predicted octanol–water partition coefficient (Wildman–Crippen LogP) is 5.96. The van der Waals surface area contributed by atoms with Gasteiger partial charge in [0.05, 0.1) is 10.3 Å². The zero-order chi connectivity index (χ0) is 19.1. The molecule has 0 unspecified atom stereocenters. The third-order valence-corrected chi connectivity index (χ3v) is 5.67. The summed E-state index contributed by atoms with van der Waals surface area (Å²) < 4.78 is 0. The van der Waals surface area contributed by atoms with E-state index in [1.807, 2.05) is 30.3 Å². The van der Waals surface area contributed by atoms with E-state index >= 15 is 0 Å². The molecule has 4 aromatic carbocycles. The molecule has 0 aromatic heterocycles. The summed E-state index contributed by atoms with van der Waals surface area (Å²) in [5.74, 6) is 0. The summed E-state index contributed by atoms with van der Waals surface area (Å²) in [5, 5.41) is 11.2. The third kappa shape index (κ3) is 2.16. The molecular formula is C25H17NO2. The van der Waals surface area contributed by atoms with Gasteiger partial charge in [-0.1, -0.05) is 91.0 Å². The molecule has 4 aromatic rings. The lowest BCUT2D eigenvalue weighted by Crippen LogP contribution is -2.28. The summed E-state index contributed by atoms with van der Waals surface area (Å²) in [7, 11) is 0. The minimum Gasteiger partial charge on any atom is -0.258 e. The number of rotatable bonds is 3. The zero-order valence-electron chi connectivity index (χ0n) is 15.1. The molecule has 1 aliphatic rings. The van der Waals surface area contributed by atoms with Crippen LogP contribution in [0.15, 0.2) is 103 Å². The molecule has 0 atom stereocenters. The van der Waals surface area contributed by atoms with Crippen molar-refractivity contribution >= 4 is 5.69 Å². The third-order valence-electron chi connectivity index (χ3n) is 5.67. The summed E-state index contributed by atoms with van der Waals surface area (Å²) >= 11 is 0. The predicted molar refractivity (Wildman–Crippen MR) is 110 cm³/mol. The van der Waals surface area contributed by atoms with Gasteiger partial charge in [-0.3, -0.25) is 10.1 Å². The highest BCUT2D eigenvalue weighted by atomic mass is 16.6. The van der Waals surface area contributed by atoms with Crippen molar-refractivity contribution in [2.75, 3.05) is 0 Å². The van der Waals surface area contributed by atoms with E-state index < -0.39 is 5.41 Å². The molecule has 0 bridgehead atoms. The Bertz CT molecular complexity index is 1140. The molecule has 0 amide bonds. The SMILES string of the molecule is O=[N+]([O-])c1ccc(C2(c3ccccc3)c3ccccc3-c3ccccc32)cc1. The van der Waals surface area contributed by atoms with Gasteiger partial charge in [-0.05, 0) is 33.4 Å². The summed E-state index contributed by atoms with van der Waals surface area (Å²) in [6, 6.07) is 34.3. The molecule has 0 saturated carbocycles. The summed E-state index contributed by atoms with van der Waals surface area (Å²) in [4.78, 5) is 10.8. The number of nitro groups is 1. The van der Waals surface area contributed by atoms with Crippen LogP contribution in [0.25, 0.3) is 11.1 Å². The molecule has 0 heterocycles. The highest BCUT2D eigenvalue weighted by molar-refractivity contribution is 5.86. The van der Waals surface area contributed by atoms with Crippen LogP contribution in [0.1, 0.15) is 22.3 Å². The van der Waals surface area contributed by atoms with Gasteiger partial charge in [0, 0.05) is 12.1 Å². The molecular weight excluding hydrogens is 346 g/mol. The monoisotopic (exact) mass is 363 g/mol. The maximum atomic E-state index is 11.2. The van der Waals surface area contributed by atoms with E-state index in [4.69, 9.17) is 0 Å². The molecule has 5 rings (SSSR count). The first-order valence-corrected chi connectivity index (χ1v) is 9.23. The van der Waals surface area contributed by atoms with Crippen molar-refractivity contribution in [3.05, 3.63) is 135 Å². The van der Waals surface area contributed by atoms with Gasteiger partial charge in [-0.15, -0.1) is 0 Å². The first kappa shape index (κ1) is 16.5. The molecule has 0 fully saturated rings. The quantitative estimate of drug-likeness (QED) is 0.293. The molecule has 0 spiro atoms. The molecule has 0 saturated heterocycles. The van der Waals surface area contributed by atoms with Crippen LogP contribution < -0.4 is 0 Å². The maximum absolute atomic E-state index is 11.2. The van der Waals surface area contributed by atoms with Crippen molar-refractivity contribution in [3.63, 3.8) is 0 Å². The molecule has 1 aliphatic carbocycles. The van der Waals surface area contributed by atoms with Crippen LogP contribution in [0, 0.1) is 10.1 Å². The lowest BCUT2D eigenvalue weighted by Gasteiger charge is -2.33. The number of hydrogen-bond acceptors (Lipinski definition) is 2. The second-order valence-corrected chi connectivity index (χ2v) is 7.01. The van der Waals surface area contributed by atoms with Crippen molar-refractivity contribution in [2.24, 2.45) is 0 Å². The normalized spacial score (nSPS) is 13.6. The van der Waals surface area contributed by atoms with Crippen LogP contribution in [0.2, 0.25) is 0 Å². The van der Waals surface area contributed by atoms with Gasteiger partial charge in [-0.25, -0.2) is 0 Å². The van der Waals surface area contributed by atoms with Crippen molar-refractivity contribution in [3.8, 4) is 11.1 Å². The number of benzene rings is 4. The Morgan fingerprint density at radius 1 is 0.571 bits per heavy atom. The molecule has 3 nitrogen and oxygen atoms in total. The molecule has 0 aliphatic heterocycles. The Labute approximate surface area is 163 Å². The molecule has 3 heteroatoms. The summed E-state index contributed by atoms with van der Waals surface area (Å²) in [6.45, 7) is 0. The van der Waals surface area contributed by atoms with Crippen LogP contribution in [0.4, 0.5) is 5.69 Å². The molecule has 0 radical (unpaired) electrons. The van der Waals surface area contributed by atoms with Crippen molar-refractivity contribution in [2.45, 2.75) is 5.41 Å². The average Bonchev–Trinajstić information content (AvgIpc) is 3.06. The van der Waals surface area contributed by atoms with Crippen LogP contribution in [-0.2, 0) is 5.41 Å². The van der Waals surface area contributed by atoms with Gasteiger partial charge in [0.25, 0.3) is 5.69 Å². The number of non-ortho nitro benzene ring substituents is 1. The van der Waals surface area contributed by atoms with Crippen LogP contribution in [0.5, 0.6) is 0 Å². The zero-order valence-corrected chi connectivity index (χ0v) is 15.1. The van der Waals surface area contributed by atoms with E-state index in [0.29, 0.717) is 0 Å². The Kier molecular flexibility index (Phi) is 3.63. The minimum absolute atomic E-state index is 0.103. The van der Waals surface area contributed by atoms with E-state index in [2.05, 4.69) is 60.7 Å².